The van der Waals surface area contributed by atoms with E-state index in [0.717, 1.165) is 0 Å². The summed E-state index contributed by atoms with van der Waals surface area (Å²) < 4.78 is 18.9. The van der Waals surface area contributed by atoms with Crippen molar-refractivity contribution < 1.29 is 13.9 Å². The van der Waals surface area contributed by atoms with E-state index in [2.05, 4.69) is 4.98 Å². The number of halogens is 1. The number of ether oxygens (including phenoxy) is 1. The summed E-state index contributed by atoms with van der Waals surface area (Å²) in [6, 6.07) is 4.15. The molecule has 7 heteroatoms. The predicted molar refractivity (Wildman–Crippen MR) is 78.2 cm³/mol. The van der Waals surface area contributed by atoms with Crippen LogP contribution in [-0.4, -0.2) is 23.5 Å². The number of benzene rings is 1. The van der Waals surface area contributed by atoms with Gasteiger partial charge in [-0.2, -0.15) is 0 Å². The first-order valence-corrected chi connectivity index (χ1v) is 7.39. The molecule has 5 nitrogen and oxygen atoms in total. The smallest absolute Gasteiger partial charge is 0.277 e. The fourth-order valence-electron chi connectivity index (χ4n) is 2.25. The molecule has 1 atom stereocenters. The first-order chi connectivity index (χ1) is 10.1. The SMILES string of the molecule is C[C@@H]1CN(C(=O)c2csc(CN)n2)c2ccc(F)cc2O1. The molecule has 1 amide bonds. The first kappa shape index (κ1) is 14.0. The zero-order valence-electron chi connectivity index (χ0n) is 11.4. The van der Waals surface area contributed by atoms with Gasteiger partial charge < -0.3 is 10.5 Å². The van der Waals surface area contributed by atoms with Crippen molar-refractivity contribution in [3.8, 4) is 5.75 Å². The molecule has 1 aliphatic rings. The van der Waals surface area contributed by atoms with Gasteiger partial charge in [-0.15, -0.1) is 11.3 Å². The Balaban J connectivity index is 1.97. The highest BCUT2D eigenvalue weighted by atomic mass is 32.1. The van der Waals surface area contributed by atoms with Crippen LogP contribution in [0.1, 0.15) is 22.4 Å². The van der Waals surface area contributed by atoms with Crippen molar-refractivity contribution in [2.45, 2.75) is 19.6 Å². The van der Waals surface area contributed by atoms with Crippen LogP contribution in [0.5, 0.6) is 5.75 Å². The van der Waals surface area contributed by atoms with Crippen LogP contribution in [0.3, 0.4) is 0 Å². The molecular formula is C14H14FN3O2S. The van der Waals surface area contributed by atoms with Crippen molar-refractivity contribution in [1.29, 1.82) is 0 Å². The zero-order valence-corrected chi connectivity index (χ0v) is 12.2. The summed E-state index contributed by atoms with van der Waals surface area (Å²) in [6.07, 6.45) is -0.212. The van der Waals surface area contributed by atoms with E-state index in [1.807, 2.05) is 6.92 Å². The lowest BCUT2D eigenvalue weighted by Crippen LogP contribution is -2.42. The lowest BCUT2D eigenvalue weighted by Gasteiger charge is -2.33. The van der Waals surface area contributed by atoms with E-state index in [-0.39, 0.29) is 12.0 Å². The van der Waals surface area contributed by atoms with Crippen molar-refractivity contribution in [1.82, 2.24) is 4.98 Å². The molecule has 0 saturated carbocycles. The minimum absolute atomic E-state index is 0.212. The fourth-order valence-corrected chi connectivity index (χ4v) is 2.90. The summed E-state index contributed by atoms with van der Waals surface area (Å²) in [7, 11) is 0. The molecule has 0 radical (unpaired) electrons. The fraction of sp³-hybridized carbons (Fsp3) is 0.286. The third-order valence-electron chi connectivity index (χ3n) is 3.17. The van der Waals surface area contributed by atoms with Gasteiger partial charge in [-0.25, -0.2) is 9.37 Å². The molecule has 0 bridgehead atoms. The number of carbonyl (C=O) groups excluding carboxylic acids is 1. The molecule has 21 heavy (non-hydrogen) atoms. The van der Waals surface area contributed by atoms with Crippen molar-refractivity contribution in [3.05, 3.63) is 40.1 Å². The second kappa shape index (κ2) is 5.42. The average molecular weight is 307 g/mol. The molecule has 2 N–H and O–H groups in total. The van der Waals surface area contributed by atoms with E-state index in [4.69, 9.17) is 10.5 Å². The van der Waals surface area contributed by atoms with Crippen LogP contribution < -0.4 is 15.4 Å². The van der Waals surface area contributed by atoms with Gasteiger partial charge >= 0.3 is 0 Å². The van der Waals surface area contributed by atoms with Gasteiger partial charge in [0.15, 0.2) is 0 Å². The topological polar surface area (TPSA) is 68.5 Å². The summed E-state index contributed by atoms with van der Waals surface area (Å²) in [4.78, 5) is 18.4. The minimum Gasteiger partial charge on any atom is -0.487 e. The van der Waals surface area contributed by atoms with Crippen LogP contribution in [-0.2, 0) is 6.54 Å². The van der Waals surface area contributed by atoms with Gasteiger partial charge in [0.05, 0.1) is 12.2 Å². The summed E-state index contributed by atoms with van der Waals surface area (Å²) in [5, 5.41) is 2.40. The van der Waals surface area contributed by atoms with Gasteiger partial charge in [0.1, 0.15) is 28.4 Å². The molecular weight excluding hydrogens is 293 g/mol. The Morgan fingerprint density at radius 3 is 3.14 bits per heavy atom. The predicted octanol–water partition coefficient (Wildman–Crippen LogP) is 2.17. The number of nitrogens with zero attached hydrogens (tertiary/aromatic N) is 2. The number of fused-ring (bicyclic) bond motifs is 1. The minimum atomic E-state index is -0.394. The second-order valence-electron chi connectivity index (χ2n) is 4.79. The summed E-state index contributed by atoms with van der Waals surface area (Å²) in [5.41, 5.74) is 6.43. The summed E-state index contributed by atoms with van der Waals surface area (Å²) in [6.45, 7) is 2.53. The van der Waals surface area contributed by atoms with Crippen molar-refractivity contribution >= 4 is 22.9 Å². The van der Waals surface area contributed by atoms with E-state index >= 15 is 0 Å². The third kappa shape index (κ3) is 2.62. The van der Waals surface area contributed by atoms with Crippen molar-refractivity contribution in [2.75, 3.05) is 11.4 Å². The quantitative estimate of drug-likeness (QED) is 0.923. The van der Waals surface area contributed by atoms with Crippen LogP contribution in [0.4, 0.5) is 10.1 Å². The highest BCUT2D eigenvalue weighted by molar-refractivity contribution is 7.09. The van der Waals surface area contributed by atoms with Crippen LogP contribution >= 0.6 is 11.3 Å². The highest BCUT2D eigenvalue weighted by Gasteiger charge is 2.29. The molecule has 0 saturated heterocycles. The van der Waals surface area contributed by atoms with E-state index in [0.29, 0.717) is 35.2 Å². The largest absolute Gasteiger partial charge is 0.487 e. The molecule has 0 aliphatic carbocycles. The molecule has 1 aromatic heterocycles. The number of rotatable bonds is 2. The number of hydrogen-bond donors (Lipinski definition) is 1. The Morgan fingerprint density at radius 2 is 2.43 bits per heavy atom. The third-order valence-corrected chi connectivity index (χ3v) is 4.04. The molecule has 0 unspecified atom stereocenters. The summed E-state index contributed by atoms with van der Waals surface area (Å²) in [5.74, 6) is -0.250. The van der Waals surface area contributed by atoms with Gasteiger partial charge in [-0.05, 0) is 19.1 Å². The lowest BCUT2D eigenvalue weighted by atomic mass is 10.2. The van der Waals surface area contributed by atoms with Crippen LogP contribution in [0, 0.1) is 5.82 Å². The van der Waals surface area contributed by atoms with E-state index in [9.17, 15) is 9.18 Å². The van der Waals surface area contributed by atoms with Crippen molar-refractivity contribution in [2.24, 2.45) is 5.73 Å². The van der Waals surface area contributed by atoms with E-state index < -0.39 is 5.82 Å². The van der Waals surface area contributed by atoms with Gasteiger partial charge in [-0.3, -0.25) is 9.69 Å². The standard InChI is InChI=1S/C14H14FN3O2S/c1-8-6-18(11-3-2-9(15)4-12(11)20-8)14(19)10-7-21-13(5-16)17-10/h2-4,7-8H,5-6,16H2,1H3/t8-/m1/s1. The Bertz CT molecular complexity index is 689. The second-order valence-corrected chi connectivity index (χ2v) is 5.73. The number of thiazole rings is 1. The van der Waals surface area contributed by atoms with Crippen LogP contribution in [0.2, 0.25) is 0 Å². The molecule has 1 aliphatic heterocycles. The van der Waals surface area contributed by atoms with Gasteiger partial charge in [0.2, 0.25) is 0 Å². The van der Waals surface area contributed by atoms with Gasteiger partial charge in [0.25, 0.3) is 5.91 Å². The van der Waals surface area contributed by atoms with Gasteiger partial charge in [0, 0.05) is 18.0 Å². The van der Waals surface area contributed by atoms with Gasteiger partial charge in [-0.1, -0.05) is 0 Å². The molecule has 110 valence electrons. The number of anilines is 1. The molecule has 1 aromatic carbocycles. The summed E-state index contributed by atoms with van der Waals surface area (Å²) >= 11 is 1.35. The van der Waals surface area contributed by atoms with Crippen molar-refractivity contribution in [3.63, 3.8) is 0 Å². The number of carbonyl (C=O) groups is 1. The number of aromatic nitrogens is 1. The lowest BCUT2D eigenvalue weighted by molar-refractivity contribution is 0.0956. The average Bonchev–Trinajstić information content (AvgIpc) is 2.94. The highest BCUT2D eigenvalue weighted by Crippen LogP contribution is 2.34. The molecule has 0 spiro atoms. The van der Waals surface area contributed by atoms with E-state index in [1.165, 1.54) is 23.5 Å². The number of amides is 1. The van der Waals surface area contributed by atoms with Crippen LogP contribution in [0.15, 0.2) is 23.6 Å². The zero-order chi connectivity index (χ0) is 15.0. The molecule has 2 aromatic rings. The molecule has 0 fully saturated rings. The Morgan fingerprint density at radius 1 is 1.62 bits per heavy atom. The normalized spacial score (nSPS) is 17.3. The Hall–Kier alpha value is -1.99. The monoisotopic (exact) mass is 307 g/mol. The number of nitrogens with two attached hydrogens (primary N) is 1. The maximum atomic E-state index is 13.3. The van der Waals surface area contributed by atoms with Crippen LogP contribution in [0.25, 0.3) is 0 Å². The maximum absolute atomic E-state index is 13.3. The molecule has 2 heterocycles. The Labute approximate surface area is 125 Å². The number of hydrogen-bond acceptors (Lipinski definition) is 5. The maximum Gasteiger partial charge on any atom is 0.277 e. The molecule has 3 rings (SSSR count). The Kier molecular flexibility index (Phi) is 3.60. The van der Waals surface area contributed by atoms with E-state index in [1.54, 1.807) is 16.3 Å². The first-order valence-electron chi connectivity index (χ1n) is 6.51.